The molecule has 0 bridgehead atoms. The number of hydrogen-bond acceptors (Lipinski definition) is 8. The first kappa shape index (κ1) is 27.8. The minimum atomic E-state index is -1.36. The normalized spacial score (nSPS) is 20.4. The molecule has 2 fully saturated rings. The lowest BCUT2D eigenvalue weighted by Crippen LogP contribution is -2.35. The number of ketones is 1. The molecule has 228 valence electrons. The summed E-state index contributed by atoms with van der Waals surface area (Å²) in [5.41, 5.74) is 1.64. The number of rotatable bonds is 10. The molecule has 4 heterocycles. The zero-order valence-electron chi connectivity index (χ0n) is 24.8. The Labute approximate surface area is 259 Å². The topological polar surface area (TPSA) is 112 Å². The van der Waals surface area contributed by atoms with Crippen LogP contribution in [0.1, 0.15) is 67.1 Å². The van der Waals surface area contributed by atoms with E-state index in [9.17, 15) is 14.3 Å². The van der Waals surface area contributed by atoms with Gasteiger partial charge in [0.15, 0.2) is 11.5 Å². The average Bonchev–Trinajstić information content (AvgIpc) is 3.99. The van der Waals surface area contributed by atoms with E-state index in [0.29, 0.717) is 34.0 Å². The molecule has 0 unspecified atom stereocenters. The van der Waals surface area contributed by atoms with E-state index in [2.05, 4.69) is 15.3 Å². The maximum atomic E-state index is 13.9. The van der Waals surface area contributed by atoms with E-state index in [1.807, 2.05) is 31.2 Å². The third-order valence-corrected chi connectivity index (χ3v) is 9.34. The van der Waals surface area contributed by atoms with Crippen molar-refractivity contribution in [2.45, 2.75) is 62.7 Å². The molecule has 3 aliphatic rings. The first-order valence-corrected chi connectivity index (χ1v) is 15.4. The molecular weight excluding hydrogens is 573 g/mol. The largest absolute Gasteiger partial charge is 0.488 e. The van der Waals surface area contributed by atoms with Gasteiger partial charge in [-0.25, -0.2) is 14.1 Å². The van der Waals surface area contributed by atoms with Gasteiger partial charge in [0, 0.05) is 40.9 Å². The van der Waals surface area contributed by atoms with Crippen LogP contribution in [-0.2, 0) is 11.1 Å². The van der Waals surface area contributed by atoms with Crippen molar-refractivity contribution < 1.29 is 23.8 Å². The first-order valence-electron chi connectivity index (χ1n) is 15.4. The Bertz CT molecular complexity index is 1920. The Morgan fingerprint density at radius 1 is 1.13 bits per heavy atom. The molecule has 0 radical (unpaired) electrons. The molecule has 1 aliphatic heterocycles. The zero-order chi connectivity index (χ0) is 30.8. The minimum Gasteiger partial charge on any atom is -0.488 e. The highest BCUT2D eigenvalue weighted by Crippen LogP contribution is 2.52. The SMILES string of the molecule is C[C@]1(n2ccnn2)COc2c1cc([C@@](O)(CCC(=O)c1cc(OC3CC3)c3ncccc3c1)C1CC1)nc2-c1ccc(F)cc1. The third-order valence-electron chi connectivity index (χ3n) is 9.34. The van der Waals surface area contributed by atoms with Crippen LogP contribution in [0.2, 0.25) is 0 Å². The van der Waals surface area contributed by atoms with E-state index in [1.54, 1.807) is 41.5 Å². The lowest BCUT2D eigenvalue weighted by Gasteiger charge is -2.30. The van der Waals surface area contributed by atoms with Crippen LogP contribution in [0.3, 0.4) is 0 Å². The molecule has 2 atom stereocenters. The summed E-state index contributed by atoms with van der Waals surface area (Å²) < 4.78 is 28.0. The van der Waals surface area contributed by atoms with Gasteiger partial charge in [0.2, 0.25) is 0 Å². The second-order valence-electron chi connectivity index (χ2n) is 12.6. The summed E-state index contributed by atoms with van der Waals surface area (Å²) >= 11 is 0. The fourth-order valence-corrected chi connectivity index (χ4v) is 6.38. The van der Waals surface area contributed by atoms with E-state index >= 15 is 0 Å². The van der Waals surface area contributed by atoms with Gasteiger partial charge >= 0.3 is 0 Å². The Hall–Kier alpha value is -4.70. The summed E-state index contributed by atoms with van der Waals surface area (Å²) in [4.78, 5) is 23.2. The van der Waals surface area contributed by atoms with E-state index in [-0.39, 0.29) is 43.1 Å². The molecular formula is C35H32FN5O4. The number of aromatic nitrogens is 5. The third kappa shape index (κ3) is 4.93. The highest BCUT2D eigenvalue weighted by atomic mass is 19.1. The van der Waals surface area contributed by atoms with Crippen LogP contribution in [0.15, 0.2) is 73.2 Å². The smallest absolute Gasteiger partial charge is 0.163 e. The van der Waals surface area contributed by atoms with Crippen molar-refractivity contribution in [2.75, 3.05) is 6.61 Å². The van der Waals surface area contributed by atoms with E-state index in [0.717, 1.165) is 42.1 Å². The van der Waals surface area contributed by atoms with E-state index in [4.69, 9.17) is 14.5 Å². The van der Waals surface area contributed by atoms with Crippen molar-refractivity contribution in [3.8, 4) is 22.8 Å². The molecule has 0 saturated heterocycles. The predicted molar refractivity (Wildman–Crippen MR) is 163 cm³/mol. The van der Waals surface area contributed by atoms with E-state index < -0.39 is 11.1 Å². The standard InChI is InChI=1S/C35H32FN5O4/c1-34(41-16-15-38-40-41)20-44-33-27(34)19-30(39-32(33)21-4-8-25(36)9-5-21)35(43,24-6-7-24)13-12-28(42)23-17-22-3-2-14-37-31(22)29(18-23)45-26-10-11-26/h2-5,8-9,14-19,24,26,43H,6-7,10-13,20H2,1H3/t34-,35+/m0/s1. The number of hydrogen-bond donors (Lipinski definition) is 1. The molecule has 1 N–H and O–H groups in total. The van der Waals surface area contributed by atoms with Crippen molar-refractivity contribution in [3.05, 3.63) is 95.8 Å². The Morgan fingerprint density at radius 3 is 2.69 bits per heavy atom. The number of carbonyl (C=O) groups excluding carboxylic acids is 1. The number of carbonyl (C=O) groups is 1. The molecule has 5 aromatic rings. The van der Waals surface area contributed by atoms with Gasteiger partial charge in [0.05, 0.1) is 18.0 Å². The molecule has 2 aliphatic carbocycles. The van der Waals surface area contributed by atoms with E-state index in [1.165, 1.54) is 12.1 Å². The molecule has 2 saturated carbocycles. The van der Waals surface area contributed by atoms with Crippen LogP contribution < -0.4 is 9.47 Å². The summed E-state index contributed by atoms with van der Waals surface area (Å²) in [7, 11) is 0. The van der Waals surface area contributed by atoms with Gasteiger partial charge in [-0.2, -0.15) is 0 Å². The Morgan fingerprint density at radius 2 is 1.96 bits per heavy atom. The van der Waals surface area contributed by atoms with Crippen LogP contribution in [0, 0.1) is 11.7 Å². The van der Waals surface area contributed by atoms with Gasteiger partial charge in [-0.05, 0) is 93.5 Å². The molecule has 0 amide bonds. The summed E-state index contributed by atoms with van der Waals surface area (Å²) in [5, 5.41) is 21.5. The summed E-state index contributed by atoms with van der Waals surface area (Å²) in [5.74, 6) is 0.685. The van der Waals surface area contributed by atoms with Crippen LogP contribution in [0.4, 0.5) is 4.39 Å². The number of Topliss-reactive ketones (excluding diaryl/α,β-unsaturated/α-hetero) is 1. The highest BCUT2D eigenvalue weighted by molar-refractivity contribution is 6.01. The first-order chi connectivity index (χ1) is 21.8. The Balaban J connectivity index is 1.17. The van der Waals surface area contributed by atoms with Gasteiger partial charge in [-0.1, -0.05) is 11.3 Å². The van der Waals surface area contributed by atoms with Crippen molar-refractivity contribution in [1.29, 1.82) is 0 Å². The average molecular weight is 606 g/mol. The zero-order valence-corrected chi connectivity index (χ0v) is 24.8. The molecule has 3 aromatic heterocycles. The monoisotopic (exact) mass is 605 g/mol. The molecule has 9 nitrogen and oxygen atoms in total. The second kappa shape index (κ2) is 10.4. The quantitative estimate of drug-likeness (QED) is 0.193. The van der Waals surface area contributed by atoms with Crippen molar-refractivity contribution >= 4 is 16.7 Å². The summed E-state index contributed by atoms with van der Waals surface area (Å²) in [6, 6.07) is 15.4. The molecule has 0 spiro atoms. The maximum Gasteiger partial charge on any atom is 0.163 e. The summed E-state index contributed by atoms with van der Waals surface area (Å²) in [6.45, 7) is 2.29. The molecule has 10 heteroatoms. The van der Waals surface area contributed by atoms with Crippen LogP contribution >= 0.6 is 0 Å². The number of benzene rings is 2. The molecule has 2 aromatic carbocycles. The highest BCUT2D eigenvalue weighted by Gasteiger charge is 2.49. The van der Waals surface area contributed by atoms with Gasteiger partial charge in [0.1, 0.15) is 40.5 Å². The van der Waals surface area contributed by atoms with Crippen LogP contribution in [0.25, 0.3) is 22.2 Å². The lowest BCUT2D eigenvalue weighted by molar-refractivity contribution is -0.00118. The van der Waals surface area contributed by atoms with Crippen molar-refractivity contribution in [1.82, 2.24) is 25.0 Å². The number of fused-ring (bicyclic) bond motifs is 2. The maximum absolute atomic E-state index is 13.9. The predicted octanol–water partition coefficient (Wildman–Crippen LogP) is 5.99. The molecule has 8 rings (SSSR count). The van der Waals surface area contributed by atoms with Crippen LogP contribution in [-0.4, -0.2) is 48.6 Å². The number of nitrogens with zero attached hydrogens (tertiary/aromatic N) is 5. The Kier molecular flexibility index (Phi) is 6.46. The van der Waals surface area contributed by atoms with Crippen LogP contribution in [0.5, 0.6) is 11.5 Å². The number of aliphatic hydroxyl groups is 1. The second-order valence-corrected chi connectivity index (χ2v) is 12.6. The van der Waals surface area contributed by atoms with Gasteiger partial charge in [0.25, 0.3) is 0 Å². The number of halogens is 1. The minimum absolute atomic E-state index is 0.0496. The number of pyridine rings is 2. The molecule has 45 heavy (non-hydrogen) atoms. The van der Waals surface area contributed by atoms with Crippen molar-refractivity contribution in [3.63, 3.8) is 0 Å². The fraction of sp³-hybridized carbons (Fsp3) is 0.343. The lowest BCUT2D eigenvalue weighted by atomic mass is 9.83. The van der Waals surface area contributed by atoms with Crippen molar-refractivity contribution in [2.24, 2.45) is 5.92 Å². The van der Waals surface area contributed by atoms with Gasteiger partial charge in [-0.15, -0.1) is 5.10 Å². The summed E-state index contributed by atoms with van der Waals surface area (Å²) in [6.07, 6.45) is 9.23. The van der Waals surface area contributed by atoms with Gasteiger partial charge < -0.3 is 14.6 Å². The van der Waals surface area contributed by atoms with Gasteiger partial charge in [-0.3, -0.25) is 9.78 Å². The number of ether oxygens (including phenoxy) is 2. The fourth-order valence-electron chi connectivity index (χ4n) is 6.38.